The molecule has 0 saturated carbocycles. The number of benzene rings is 1. The van der Waals surface area contributed by atoms with Crippen LogP contribution in [0.1, 0.15) is 18.2 Å². The lowest BCUT2D eigenvalue weighted by Crippen LogP contribution is -2.08. The second-order valence-electron chi connectivity index (χ2n) is 3.99. The number of rotatable bonds is 3. The largest absolute Gasteiger partial charge is 0.466 e. The van der Waals surface area contributed by atoms with Crippen LogP contribution in [-0.4, -0.2) is 17.6 Å². The van der Waals surface area contributed by atoms with Crippen LogP contribution in [0.25, 0.3) is 10.9 Å². The van der Waals surface area contributed by atoms with Gasteiger partial charge in [0.05, 0.1) is 28.6 Å². The summed E-state index contributed by atoms with van der Waals surface area (Å²) in [5.74, 6) is -0.255. The Kier molecular flexibility index (Phi) is 3.83. The van der Waals surface area contributed by atoms with Crippen molar-refractivity contribution in [3.63, 3.8) is 0 Å². The summed E-state index contributed by atoms with van der Waals surface area (Å²) in [6.07, 6.45) is 0.211. The molecule has 0 aliphatic carbocycles. The molecule has 0 radical (unpaired) electrons. The molecule has 0 aliphatic rings. The van der Waals surface area contributed by atoms with Crippen LogP contribution in [0.3, 0.4) is 0 Å². The Bertz CT molecular complexity index is 605. The van der Waals surface area contributed by atoms with E-state index in [2.05, 4.69) is 4.98 Å². The topological polar surface area (TPSA) is 42.1 Å². The summed E-state index contributed by atoms with van der Waals surface area (Å²) in [6, 6.07) is 3.64. The van der Waals surface area contributed by atoms with Crippen molar-refractivity contribution < 1.29 is 9.53 Å². The van der Waals surface area contributed by atoms with Crippen LogP contribution in [0, 0.1) is 6.92 Å². The molecule has 0 aliphatic heterocycles. The Morgan fingerprint density at radius 3 is 2.78 bits per heavy atom. The molecule has 0 fully saturated rings. The monoisotopic (exact) mass is 285 g/mol. The van der Waals surface area contributed by atoms with Gasteiger partial charge in [-0.1, -0.05) is 29.3 Å². The molecule has 1 aromatic heterocycles. The molecule has 0 saturated heterocycles. The zero-order chi connectivity index (χ0) is 13.3. The van der Waals surface area contributed by atoms with Gasteiger partial charge in [0.1, 0.15) is 0 Å². The van der Waals surface area contributed by atoms with Crippen molar-refractivity contribution in [3.8, 4) is 0 Å². The number of hydrogen-bond acceptors (Lipinski definition) is 2. The predicted molar refractivity (Wildman–Crippen MR) is 73.4 cm³/mol. The minimum atomic E-state index is -0.255. The van der Waals surface area contributed by atoms with Crippen LogP contribution in [0.15, 0.2) is 12.1 Å². The Hall–Kier alpha value is -1.19. The molecule has 2 aromatic rings. The van der Waals surface area contributed by atoms with E-state index in [9.17, 15) is 4.79 Å². The fourth-order valence-electron chi connectivity index (χ4n) is 1.93. The molecule has 5 heteroatoms. The third-order valence-electron chi connectivity index (χ3n) is 2.85. The van der Waals surface area contributed by atoms with Crippen molar-refractivity contribution >= 4 is 40.1 Å². The zero-order valence-electron chi connectivity index (χ0n) is 10.1. The van der Waals surface area contributed by atoms with E-state index in [1.807, 2.05) is 13.0 Å². The average molecular weight is 286 g/mol. The third kappa shape index (κ3) is 2.33. The number of H-pyrrole nitrogens is 1. The van der Waals surface area contributed by atoms with Crippen LogP contribution in [0.2, 0.25) is 10.0 Å². The van der Waals surface area contributed by atoms with E-state index in [1.54, 1.807) is 13.0 Å². The van der Waals surface area contributed by atoms with Gasteiger partial charge in [0.15, 0.2) is 0 Å². The van der Waals surface area contributed by atoms with Gasteiger partial charge in [0.2, 0.25) is 0 Å². The molecule has 3 nitrogen and oxygen atoms in total. The van der Waals surface area contributed by atoms with Crippen molar-refractivity contribution in [1.82, 2.24) is 4.98 Å². The summed E-state index contributed by atoms with van der Waals surface area (Å²) < 4.78 is 4.93. The molecule has 1 aromatic carbocycles. The second kappa shape index (κ2) is 5.21. The Labute approximate surface area is 115 Å². The van der Waals surface area contributed by atoms with Crippen molar-refractivity contribution in [2.24, 2.45) is 0 Å². The highest BCUT2D eigenvalue weighted by atomic mass is 35.5. The maximum absolute atomic E-state index is 11.5. The molecule has 0 unspecified atom stereocenters. The van der Waals surface area contributed by atoms with E-state index < -0.39 is 0 Å². The first kappa shape index (κ1) is 13.2. The van der Waals surface area contributed by atoms with E-state index in [0.29, 0.717) is 16.7 Å². The third-order valence-corrected chi connectivity index (χ3v) is 3.66. The first-order valence-corrected chi connectivity index (χ1v) is 6.41. The summed E-state index contributed by atoms with van der Waals surface area (Å²) >= 11 is 12.1. The number of aromatic amines is 1. The maximum atomic E-state index is 11.5. The highest BCUT2D eigenvalue weighted by Crippen LogP contribution is 2.33. The average Bonchev–Trinajstić information content (AvgIpc) is 2.63. The molecular weight excluding hydrogens is 273 g/mol. The smallest absolute Gasteiger partial charge is 0.311 e. The number of carbonyl (C=O) groups excluding carboxylic acids is 1. The van der Waals surface area contributed by atoms with E-state index in [0.717, 1.165) is 22.2 Å². The number of esters is 1. The molecule has 0 atom stereocenters. The lowest BCUT2D eigenvalue weighted by molar-refractivity contribution is -0.142. The van der Waals surface area contributed by atoms with Crippen LogP contribution < -0.4 is 0 Å². The number of fused-ring (bicyclic) bond motifs is 1. The fraction of sp³-hybridized carbons (Fsp3) is 0.308. The summed E-state index contributed by atoms with van der Waals surface area (Å²) in [5.41, 5.74) is 2.57. The lowest BCUT2D eigenvalue weighted by atomic mass is 10.1. The minimum absolute atomic E-state index is 0.211. The second-order valence-corrected chi connectivity index (χ2v) is 4.78. The molecule has 1 N–H and O–H groups in total. The summed E-state index contributed by atoms with van der Waals surface area (Å²) in [5, 5.41) is 1.95. The van der Waals surface area contributed by atoms with Gasteiger partial charge in [0, 0.05) is 11.1 Å². The predicted octanol–water partition coefficient (Wildman–Crippen LogP) is 3.89. The van der Waals surface area contributed by atoms with Gasteiger partial charge in [0.25, 0.3) is 0 Å². The van der Waals surface area contributed by atoms with Crippen LogP contribution in [-0.2, 0) is 16.0 Å². The summed E-state index contributed by atoms with van der Waals surface area (Å²) in [4.78, 5) is 14.6. The van der Waals surface area contributed by atoms with Crippen molar-refractivity contribution in [3.05, 3.63) is 33.4 Å². The molecule has 2 rings (SSSR count). The number of ether oxygens (including phenoxy) is 1. The van der Waals surface area contributed by atoms with Gasteiger partial charge < -0.3 is 9.72 Å². The van der Waals surface area contributed by atoms with Crippen molar-refractivity contribution in [2.75, 3.05) is 6.61 Å². The van der Waals surface area contributed by atoms with E-state index in [1.165, 1.54) is 0 Å². The highest BCUT2D eigenvalue weighted by Gasteiger charge is 2.14. The molecule has 96 valence electrons. The number of hydrogen-bond donors (Lipinski definition) is 1. The normalized spacial score (nSPS) is 10.9. The number of aromatic nitrogens is 1. The molecule has 0 spiro atoms. The number of nitrogens with one attached hydrogen (secondary N) is 1. The molecular formula is C13H13Cl2NO2. The Balaban J connectivity index is 2.44. The first-order valence-electron chi connectivity index (χ1n) is 5.65. The van der Waals surface area contributed by atoms with Gasteiger partial charge in [-0.3, -0.25) is 4.79 Å². The summed E-state index contributed by atoms with van der Waals surface area (Å²) in [7, 11) is 0. The fourth-order valence-corrected chi connectivity index (χ4v) is 2.30. The van der Waals surface area contributed by atoms with Crippen LogP contribution in [0.5, 0.6) is 0 Å². The van der Waals surface area contributed by atoms with Gasteiger partial charge in [-0.2, -0.15) is 0 Å². The summed E-state index contributed by atoms with van der Waals surface area (Å²) in [6.45, 7) is 4.11. The van der Waals surface area contributed by atoms with E-state index >= 15 is 0 Å². The maximum Gasteiger partial charge on any atom is 0.311 e. The van der Waals surface area contributed by atoms with Crippen LogP contribution in [0.4, 0.5) is 0 Å². The van der Waals surface area contributed by atoms with E-state index in [4.69, 9.17) is 27.9 Å². The SMILES string of the molecule is CCOC(=O)Cc1[nH]c2c(Cl)c(Cl)ccc2c1C. The Morgan fingerprint density at radius 1 is 1.39 bits per heavy atom. The number of aryl methyl sites for hydroxylation is 1. The Morgan fingerprint density at radius 2 is 2.11 bits per heavy atom. The first-order chi connectivity index (χ1) is 8.54. The quantitative estimate of drug-likeness (QED) is 0.870. The highest BCUT2D eigenvalue weighted by molar-refractivity contribution is 6.45. The van der Waals surface area contributed by atoms with Crippen molar-refractivity contribution in [2.45, 2.75) is 20.3 Å². The van der Waals surface area contributed by atoms with Gasteiger partial charge in [-0.25, -0.2) is 0 Å². The standard InChI is InChI=1S/C13H13Cl2NO2/c1-3-18-11(17)6-10-7(2)8-4-5-9(14)12(15)13(8)16-10/h4-5,16H,3,6H2,1-2H3. The zero-order valence-corrected chi connectivity index (χ0v) is 11.7. The van der Waals surface area contributed by atoms with Crippen LogP contribution >= 0.6 is 23.2 Å². The number of carbonyl (C=O) groups is 1. The molecule has 0 bridgehead atoms. The van der Waals surface area contributed by atoms with Crippen molar-refractivity contribution in [1.29, 1.82) is 0 Å². The lowest BCUT2D eigenvalue weighted by Gasteiger charge is -2.00. The van der Waals surface area contributed by atoms with E-state index in [-0.39, 0.29) is 12.4 Å². The molecule has 0 amide bonds. The minimum Gasteiger partial charge on any atom is -0.466 e. The number of halogens is 2. The molecule has 18 heavy (non-hydrogen) atoms. The van der Waals surface area contributed by atoms with Gasteiger partial charge >= 0.3 is 5.97 Å². The van der Waals surface area contributed by atoms with Gasteiger partial charge in [-0.15, -0.1) is 0 Å². The van der Waals surface area contributed by atoms with Gasteiger partial charge in [-0.05, 0) is 25.5 Å². The molecule has 1 heterocycles.